The molecule has 0 spiro atoms. The zero-order valence-corrected chi connectivity index (χ0v) is 50.5. The summed E-state index contributed by atoms with van der Waals surface area (Å²) in [5.41, 5.74) is 0. The molecule has 3 N–H and O–H groups in total. The zero-order valence-electron chi connectivity index (χ0n) is 50.5. The van der Waals surface area contributed by atoms with Crippen LogP contribution < -0.4 is 5.32 Å². The van der Waals surface area contributed by atoms with Crippen molar-refractivity contribution in [3.05, 3.63) is 36.5 Å². The Bertz CT molecular complexity index is 1210. The van der Waals surface area contributed by atoms with Crippen LogP contribution in [-0.4, -0.2) is 47.4 Å². The highest BCUT2D eigenvalue weighted by molar-refractivity contribution is 5.76. The van der Waals surface area contributed by atoms with E-state index in [9.17, 15) is 19.8 Å². The lowest BCUT2D eigenvalue weighted by atomic mass is 10.0. The molecule has 1 amide bonds. The first-order chi connectivity index (χ1) is 37.0. The minimum Gasteiger partial charge on any atom is -0.466 e. The van der Waals surface area contributed by atoms with Crippen LogP contribution in [0.5, 0.6) is 0 Å². The van der Waals surface area contributed by atoms with Crippen LogP contribution >= 0.6 is 0 Å². The van der Waals surface area contributed by atoms with Gasteiger partial charge in [-0.1, -0.05) is 307 Å². The topological polar surface area (TPSA) is 95.9 Å². The number of carbonyl (C=O) groups is 2. The third kappa shape index (κ3) is 61.2. The second-order valence-corrected chi connectivity index (χ2v) is 23.1. The number of aliphatic hydroxyl groups excluding tert-OH is 2. The highest BCUT2D eigenvalue weighted by Crippen LogP contribution is 2.18. The van der Waals surface area contributed by atoms with Crippen molar-refractivity contribution in [3.63, 3.8) is 0 Å². The molecule has 0 aliphatic heterocycles. The van der Waals surface area contributed by atoms with Crippen LogP contribution in [0.15, 0.2) is 36.5 Å². The van der Waals surface area contributed by atoms with E-state index in [-0.39, 0.29) is 18.5 Å². The molecule has 0 fully saturated rings. The molecular formula is C69H131NO5. The summed E-state index contributed by atoms with van der Waals surface area (Å²) in [7, 11) is 0. The summed E-state index contributed by atoms with van der Waals surface area (Å²) in [5.74, 6) is -0.0369. The average molecular weight is 1050 g/mol. The minimum absolute atomic E-state index is 0.00144. The predicted octanol–water partition coefficient (Wildman–Crippen LogP) is 21.5. The number of aliphatic hydroxyl groups is 2. The van der Waals surface area contributed by atoms with Gasteiger partial charge < -0.3 is 20.3 Å². The lowest BCUT2D eigenvalue weighted by Gasteiger charge is -2.22. The number of esters is 1. The van der Waals surface area contributed by atoms with Gasteiger partial charge in [-0.15, -0.1) is 0 Å². The van der Waals surface area contributed by atoms with E-state index in [0.29, 0.717) is 25.9 Å². The summed E-state index contributed by atoms with van der Waals surface area (Å²) < 4.78 is 5.48. The summed E-state index contributed by atoms with van der Waals surface area (Å²) in [5, 5.41) is 23.4. The smallest absolute Gasteiger partial charge is 0.305 e. The molecule has 0 rings (SSSR count). The zero-order chi connectivity index (χ0) is 54.3. The number of ether oxygens (including phenoxy) is 1. The number of allylic oxidation sites excluding steroid dienone is 6. The standard InChI is InChI=1S/C69H131NO5/c1-3-5-7-9-11-13-15-17-19-20-30-34-37-41-45-49-53-57-61-67(72)66(65-71)70-68(73)62-58-54-50-46-42-38-35-31-28-26-24-22-21-23-25-27-29-32-36-40-44-48-52-56-60-64-75-69(74)63-59-55-51-47-43-39-33-18-16-14-12-10-8-6-4-2/h18,22-25,33,66-67,71-72H,3-17,19-21,26-32,34-65H2,1-2H3,(H,70,73)/b24-22-,25-23-,33-18-. The van der Waals surface area contributed by atoms with Gasteiger partial charge in [0.1, 0.15) is 0 Å². The van der Waals surface area contributed by atoms with Crippen LogP contribution in [0.2, 0.25) is 0 Å². The second kappa shape index (κ2) is 64.6. The van der Waals surface area contributed by atoms with Gasteiger partial charge in [-0.25, -0.2) is 0 Å². The van der Waals surface area contributed by atoms with Gasteiger partial charge in [0.2, 0.25) is 5.91 Å². The van der Waals surface area contributed by atoms with E-state index >= 15 is 0 Å². The quantitative estimate of drug-likeness (QED) is 0.0320. The fourth-order valence-electron chi connectivity index (χ4n) is 10.5. The van der Waals surface area contributed by atoms with Crippen molar-refractivity contribution in [2.75, 3.05) is 13.2 Å². The largest absolute Gasteiger partial charge is 0.466 e. The van der Waals surface area contributed by atoms with Crippen LogP contribution in [0.25, 0.3) is 0 Å². The fraction of sp³-hybridized carbons (Fsp3) is 0.884. The molecule has 0 radical (unpaired) electrons. The molecule has 6 heteroatoms. The molecule has 0 aromatic rings. The van der Waals surface area contributed by atoms with Crippen LogP contribution in [0, 0.1) is 0 Å². The number of nitrogens with one attached hydrogen (secondary N) is 1. The third-order valence-electron chi connectivity index (χ3n) is 15.7. The molecule has 442 valence electrons. The number of rotatable bonds is 63. The average Bonchev–Trinajstić information content (AvgIpc) is 3.41. The van der Waals surface area contributed by atoms with Crippen molar-refractivity contribution < 1.29 is 24.5 Å². The summed E-state index contributed by atoms with van der Waals surface area (Å²) in [6.07, 6.45) is 81.7. The Hall–Kier alpha value is -1.92. The molecule has 0 aromatic heterocycles. The molecule has 0 bridgehead atoms. The van der Waals surface area contributed by atoms with Crippen LogP contribution in [0.4, 0.5) is 0 Å². The third-order valence-corrected chi connectivity index (χ3v) is 15.7. The Kier molecular flexibility index (Phi) is 63.0. The molecule has 0 heterocycles. The number of hydrogen-bond donors (Lipinski definition) is 3. The van der Waals surface area contributed by atoms with Crippen molar-refractivity contribution in [3.8, 4) is 0 Å². The Labute approximate surface area is 468 Å². The van der Waals surface area contributed by atoms with Gasteiger partial charge >= 0.3 is 5.97 Å². The van der Waals surface area contributed by atoms with Crippen molar-refractivity contribution in [2.45, 2.75) is 379 Å². The SMILES string of the molecule is CCCCCCCC/C=C\CCCCCCCC(=O)OCCCCCCCCCCC/C=C\C/C=C\CCCCCCCCCCCC(=O)NC(CO)C(O)CCCCCCCCCCCCCCCCCCCC. The summed E-state index contributed by atoms with van der Waals surface area (Å²) in [6, 6.07) is -0.547. The van der Waals surface area contributed by atoms with E-state index in [0.717, 1.165) is 51.4 Å². The maximum Gasteiger partial charge on any atom is 0.305 e. The van der Waals surface area contributed by atoms with E-state index in [2.05, 4.69) is 55.6 Å². The van der Waals surface area contributed by atoms with E-state index in [1.165, 1.54) is 283 Å². The number of unbranched alkanes of at least 4 members (excludes halogenated alkanes) is 46. The number of amides is 1. The normalized spacial score (nSPS) is 12.7. The molecule has 6 nitrogen and oxygen atoms in total. The molecule has 0 aliphatic carbocycles. The summed E-state index contributed by atoms with van der Waals surface area (Å²) in [4.78, 5) is 24.6. The maximum atomic E-state index is 12.5. The first kappa shape index (κ1) is 73.1. The van der Waals surface area contributed by atoms with Gasteiger partial charge in [0.25, 0.3) is 0 Å². The molecule has 0 aliphatic rings. The Morgan fingerprint density at radius 3 is 1.03 bits per heavy atom. The molecule has 2 unspecified atom stereocenters. The molecule has 0 saturated carbocycles. The van der Waals surface area contributed by atoms with Crippen LogP contribution in [0.1, 0.15) is 367 Å². The van der Waals surface area contributed by atoms with Crippen LogP contribution in [-0.2, 0) is 14.3 Å². The Morgan fingerprint density at radius 2 is 0.667 bits per heavy atom. The van der Waals surface area contributed by atoms with Gasteiger partial charge in [-0.3, -0.25) is 9.59 Å². The van der Waals surface area contributed by atoms with Crippen molar-refractivity contribution >= 4 is 11.9 Å². The monoisotopic (exact) mass is 1050 g/mol. The van der Waals surface area contributed by atoms with Crippen molar-refractivity contribution in [2.24, 2.45) is 0 Å². The highest BCUT2D eigenvalue weighted by Gasteiger charge is 2.20. The van der Waals surface area contributed by atoms with Crippen molar-refractivity contribution in [1.82, 2.24) is 5.32 Å². The number of hydrogen-bond acceptors (Lipinski definition) is 5. The fourth-order valence-corrected chi connectivity index (χ4v) is 10.5. The van der Waals surface area contributed by atoms with E-state index in [4.69, 9.17) is 4.74 Å². The molecule has 75 heavy (non-hydrogen) atoms. The molecule has 0 saturated heterocycles. The number of carbonyl (C=O) groups excluding carboxylic acids is 2. The Balaban J connectivity index is 3.43. The Morgan fingerprint density at radius 1 is 0.373 bits per heavy atom. The molecule has 0 aromatic carbocycles. The van der Waals surface area contributed by atoms with Gasteiger partial charge in [-0.2, -0.15) is 0 Å². The van der Waals surface area contributed by atoms with Gasteiger partial charge in [0.15, 0.2) is 0 Å². The lowest BCUT2D eigenvalue weighted by molar-refractivity contribution is -0.143. The summed E-state index contributed by atoms with van der Waals surface area (Å²) in [6.45, 7) is 4.96. The maximum absolute atomic E-state index is 12.5. The van der Waals surface area contributed by atoms with Gasteiger partial charge in [0.05, 0.1) is 25.4 Å². The predicted molar refractivity (Wildman–Crippen MR) is 329 cm³/mol. The first-order valence-electron chi connectivity index (χ1n) is 33.7. The van der Waals surface area contributed by atoms with E-state index < -0.39 is 12.1 Å². The van der Waals surface area contributed by atoms with Gasteiger partial charge in [-0.05, 0) is 83.5 Å². The first-order valence-corrected chi connectivity index (χ1v) is 33.7. The minimum atomic E-state index is -0.669. The van der Waals surface area contributed by atoms with E-state index in [1.54, 1.807) is 0 Å². The highest BCUT2D eigenvalue weighted by atomic mass is 16.5. The van der Waals surface area contributed by atoms with Gasteiger partial charge in [0, 0.05) is 12.8 Å². The van der Waals surface area contributed by atoms with Crippen molar-refractivity contribution in [1.29, 1.82) is 0 Å². The lowest BCUT2D eigenvalue weighted by Crippen LogP contribution is -2.45. The van der Waals surface area contributed by atoms with Crippen LogP contribution in [0.3, 0.4) is 0 Å². The van der Waals surface area contributed by atoms with E-state index in [1.807, 2.05) is 0 Å². The second-order valence-electron chi connectivity index (χ2n) is 23.1. The molecular weight excluding hydrogens is 923 g/mol. The molecule has 2 atom stereocenters. The summed E-state index contributed by atoms with van der Waals surface area (Å²) >= 11 is 0.